The zero-order valence-corrected chi connectivity index (χ0v) is 20.2. The molecule has 2 fully saturated rings. The minimum Gasteiger partial charge on any atom is -0.497 e. The highest BCUT2D eigenvalue weighted by molar-refractivity contribution is 5.92. The first-order valence-corrected chi connectivity index (χ1v) is 11.9. The summed E-state index contributed by atoms with van der Waals surface area (Å²) in [7, 11) is 3.30. The number of hydrogen-bond acceptors (Lipinski definition) is 5. The zero-order chi connectivity index (χ0) is 23.6. The molecule has 1 amide bonds. The Hall–Kier alpha value is -2.57. The van der Waals surface area contributed by atoms with E-state index in [1.807, 2.05) is 44.2 Å². The molecule has 1 saturated carbocycles. The molecular weight excluding hydrogens is 416 g/mol. The first kappa shape index (κ1) is 23.6. The van der Waals surface area contributed by atoms with Crippen LogP contribution in [0.1, 0.15) is 54.8 Å². The second-order valence-corrected chi connectivity index (χ2v) is 9.65. The van der Waals surface area contributed by atoms with Crippen molar-refractivity contribution in [2.24, 2.45) is 5.92 Å². The van der Waals surface area contributed by atoms with E-state index in [4.69, 9.17) is 9.47 Å². The summed E-state index contributed by atoms with van der Waals surface area (Å²) in [5.41, 5.74) is 3.37. The molecule has 2 N–H and O–H groups in total. The van der Waals surface area contributed by atoms with Gasteiger partial charge >= 0.3 is 0 Å². The second-order valence-electron chi connectivity index (χ2n) is 9.65. The first-order valence-electron chi connectivity index (χ1n) is 11.9. The van der Waals surface area contributed by atoms with E-state index in [-0.39, 0.29) is 24.4 Å². The number of benzene rings is 2. The van der Waals surface area contributed by atoms with Crippen LogP contribution in [-0.2, 0) is 4.79 Å². The van der Waals surface area contributed by atoms with Crippen molar-refractivity contribution >= 4 is 11.6 Å². The van der Waals surface area contributed by atoms with Gasteiger partial charge in [-0.1, -0.05) is 25.0 Å². The Bertz CT molecular complexity index is 987. The van der Waals surface area contributed by atoms with E-state index in [2.05, 4.69) is 16.3 Å². The normalized spacial score (nSPS) is 25.2. The fraction of sp³-hybridized carbons (Fsp3) is 0.519. The van der Waals surface area contributed by atoms with Crippen molar-refractivity contribution in [3.8, 4) is 11.5 Å². The number of carbonyl (C=O) groups excluding carboxylic acids is 1. The molecule has 33 heavy (non-hydrogen) atoms. The van der Waals surface area contributed by atoms with E-state index in [0.29, 0.717) is 13.0 Å². The van der Waals surface area contributed by atoms with Crippen LogP contribution in [0.15, 0.2) is 36.4 Å². The summed E-state index contributed by atoms with van der Waals surface area (Å²) in [6.07, 6.45) is 4.57. The first-order chi connectivity index (χ1) is 15.8. The third-order valence-corrected chi connectivity index (χ3v) is 7.28. The van der Waals surface area contributed by atoms with Crippen LogP contribution in [0.2, 0.25) is 0 Å². The Kier molecular flexibility index (Phi) is 6.96. The predicted octanol–water partition coefficient (Wildman–Crippen LogP) is 4.63. The number of anilines is 1. The average molecular weight is 453 g/mol. The molecule has 0 aromatic heterocycles. The number of aryl methyl sites for hydroxylation is 2. The minimum atomic E-state index is -0.700. The number of ether oxygens (including phenoxy) is 2. The third kappa shape index (κ3) is 5.02. The molecule has 1 saturated heterocycles. The molecule has 0 unspecified atom stereocenters. The summed E-state index contributed by atoms with van der Waals surface area (Å²) < 4.78 is 11.1. The van der Waals surface area contributed by atoms with Gasteiger partial charge < -0.3 is 19.9 Å². The molecule has 0 bridgehead atoms. The van der Waals surface area contributed by atoms with Gasteiger partial charge in [-0.2, -0.15) is 0 Å². The summed E-state index contributed by atoms with van der Waals surface area (Å²) in [5, 5.41) is 14.6. The number of rotatable bonds is 6. The van der Waals surface area contributed by atoms with E-state index >= 15 is 0 Å². The number of aliphatic hydroxyl groups is 1. The fourth-order valence-corrected chi connectivity index (χ4v) is 5.83. The topological polar surface area (TPSA) is 71.0 Å². The van der Waals surface area contributed by atoms with E-state index in [1.54, 1.807) is 14.2 Å². The van der Waals surface area contributed by atoms with Gasteiger partial charge in [-0.15, -0.1) is 0 Å². The van der Waals surface area contributed by atoms with E-state index < -0.39 is 5.60 Å². The van der Waals surface area contributed by atoms with Crippen molar-refractivity contribution < 1.29 is 19.4 Å². The van der Waals surface area contributed by atoms with Gasteiger partial charge in [0.1, 0.15) is 11.5 Å². The van der Waals surface area contributed by atoms with Gasteiger partial charge in [0.2, 0.25) is 5.91 Å². The molecular formula is C27H36N2O4. The quantitative estimate of drug-likeness (QED) is 0.669. The summed E-state index contributed by atoms with van der Waals surface area (Å²) in [6.45, 7) is 4.99. The highest BCUT2D eigenvalue weighted by atomic mass is 16.5. The molecule has 1 aliphatic heterocycles. The van der Waals surface area contributed by atoms with Crippen LogP contribution < -0.4 is 14.8 Å². The number of likely N-dealkylation sites (tertiary alicyclic amines) is 1. The second kappa shape index (κ2) is 9.74. The lowest BCUT2D eigenvalue weighted by Crippen LogP contribution is -2.56. The standard InChI is InChI=1S/C27H36N2O4/c1-18-13-19(2)15-20(14-18)28-25(30)17-29-12-11-27(31)10-6-5-7-23(27)26(29)22-9-8-21(32-3)16-24(22)33-4/h8-9,13-16,23,26,31H,5-7,10-12,17H2,1-4H3,(H,28,30)/t23-,26+,27+/m1/s1. The minimum absolute atomic E-state index is 0.0428. The van der Waals surface area contributed by atoms with Crippen LogP contribution >= 0.6 is 0 Å². The molecule has 0 spiro atoms. The number of carbonyl (C=O) groups is 1. The maximum absolute atomic E-state index is 13.1. The Balaban J connectivity index is 1.63. The van der Waals surface area contributed by atoms with Gasteiger partial charge in [0.05, 0.1) is 26.4 Å². The summed E-state index contributed by atoms with van der Waals surface area (Å²) in [6, 6.07) is 11.8. The molecule has 4 rings (SSSR count). The number of nitrogens with one attached hydrogen (secondary N) is 1. The Morgan fingerprint density at radius 3 is 2.55 bits per heavy atom. The van der Waals surface area contributed by atoms with Gasteiger partial charge in [0, 0.05) is 35.8 Å². The molecule has 3 atom stereocenters. The molecule has 1 aliphatic carbocycles. The summed E-state index contributed by atoms with van der Waals surface area (Å²) >= 11 is 0. The predicted molar refractivity (Wildman–Crippen MR) is 130 cm³/mol. The lowest BCUT2D eigenvalue weighted by Gasteiger charge is -2.52. The number of methoxy groups -OCH3 is 2. The van der Waals surface area contributed by atoms with Crippen LogP contribution in [0.3, 0.4) is 0 Å². The van der Waals surface area contributed by atoms with Crippen molar-refractivity contribution in [1.29, 1.82) is 0 Å². The Labute approximate surface area is 196 Å². The highest BCUT2D eigenvalue weighted by Gasteiger charge is 2.49. The van der Waals surface area contributed by atoms with Crippen LogP contribution in [0, 0.1) is 19.8 Å². The van der Waals surface area contributed by atoms with Gasteiger partial charge in [-0.05, 0) is 62.4 Å². The number of piperidine rings is 1. The van der Waals surface area contributed by atoms with Crippen molar-refractivity contribution in [3.05, 3.63) is 53.1 Å². The maximum Gasteiger partial charge on any atom is 0.238 e. The zero-order valence-electron chi connectivity index (χ0n) is 20.2. The average Bonchev–Trinajstić information content (AvgIpc) is 2.78. The lowest BCUT2D eigenvalue weighted by atomic mass is 9.66. The summed E-state index contributed by atoms with van der Waals surface area (Å²) in [4.78, 5) is 15.3. The van der Waals surface area contributed by atoms with Gasteiger partial charge in [-0.25, -0.2) is 0 Å². The van der Waals surface area contributed by atoms with E-state index in [0.717, 1.165) is 59.6 Å². The molecule has 2 aromatic carbocycles. The number of amides is 1. The monoisotopic (exact) mass is 452 g/mol. The van der Waals surface area contributed by atoms with Crippen LogP contribution in [0.25, 0.3) is 0 Å². The van der Waals surface area contributed by atoms with Crippen molar-refractivity contribution in [3.63, 3.8) is 0 Å². The smallest absolute Gasteiger partial charge is 0.238 e. The molecule has 1 heterocycles. The molecule has 2 aromatic rings. The molecule has 6 heteroatoms. The number of fused-ring (bicyclic) bond motifs is 1. The van der Waals surface area contributed by atoms with Crippen LogP contribution in [0.5, 0.6) is 11.5 Å². The van der Waals surface area contributed by atoms with E-state index in [1.165, 1.54) is 0 Å². The summed E-state index contributed by atoms with van der Waals surface area (Å²) in [5.74, 6) is 1.47. The fourth-order valence-electron chi connectivity index (χ4n) is 5.83. The molecule has 6 nitrogen and oxygen atoms in total. The van der Waals surface area contributed by atoms with Gasteiger partial charge in [0.25, 0.3) is 0 Å². The lowest BCUT2D eigenvalue weighted by molar-refractivity contribution is -0.135. The van der Waals surface area contributed by atoms with Crippen LogP contribution in [0.4, 0.5) is 5.69 Å². The van der Waals surface area contributed by atoms with Gasteiger partial charge in [-0.3, -0.25) is 9.69 Å². The Morgan fingerprint density at radius 1 is 1.09 bits per heavy atom. The SMILES string of the molecule is COc1ccc([C@H]2[C@H]3CCCC[C@]3(O)CCN2CC(=O)Nc2cc(C)cc(C)c2)c(OC)c1. The third-order valence-electron chi connectivity index (χ3n) is 7.28. The van der Waals surface area contributed by atoms with Crippen molar-refractivity contribution in [2.45, 2.75) is 57.6 Å². The molecule has 0 radical (unpaired) electrons. The van der Waals surface area contributed by atoms with Gasteiger partial charge in [0.15, 0.2) is 0 Å². The van der Waals surface area contributed by atoms with Crippen molar-refractivity contribution in [1.82, 2.24) is 4.90 Å². The largest absolute Gasteiger partial charge is 0.497 e. The number of nitrogens with zero attached hydrogens (tertiary/aromatic N) is 1. The Morgan fingerprint density at radius 2 is 1.85 bits per heavy atom. The van der Waals surface area contributed by atoms with E-state index in [9.17, 15) is 9.90 Å². The van der Waals surface area contributed by atoms with Crippen LogP contribution in [-0.4, -0.2) is 48.8 Å². The molecule has 178 valence electrons. The molecule has 2 aliphatic rings. The van der Waals surface area contributed by atoms with Crippen molar-refractivity contribution in [2.75, 3.05) is 32.6 Å². The maximum atomic E-state index is 13.1. The highest BCUT2D eigenvalue weighted by Crippen LogP contribution is 2.51. The number of hydrogen-bond donors (Lipinski definition) is 2.